The molecule has 0 aliphatic rings. The van der Waals surface area contributed by atoms with Gasteiger partial charge in [-0.05, 0) is 46.2 Å². The van der Waals surface area contributed by atoms with Crippen molar-refractivity contribution in [1.29, 1.82) is 0 Å². The van der Waals surface area contributed by atoms with Crippen LogP contribution in [0.1, 0.15) is 33.5 Å². The van der Waals surface area contributed by atoms with Crippen LogP contribution in [-0.2, 0) is 24.2 Å². The van der Waals surface area contributed by atoms with Crippen LogP contribution >= 0.6 is 0 Å². The summed E-state index contributed by atoms with van der Waals surface area (Å²) in [5.41, 5.74) is 5.52. The molecule has 0 atom stereocenters. The first kappa shape index (κ1) is 27.4. The summed E-state index contributed by atoms with van der Waals surface area (Å²) in [6.45, 7) is 1.20. The number of carbonyl (C=O) groups is 2. The second kappa shape index (κ2) is 13.8. The third kappa shape index (κ3) is 7.92. The maximum atomic E-state index is 13.2. The molecule has 0 heterocycles. The molecule has 0 spiro atoms. The minimum Gasteiger partial charge on any atom is -0.545 e. The molecule has 36 heavy (non-hydrogen) atoms. The van der Waals surface area contributed by atoms with Gasteiger partial charge >= 0.3 is 29.6 Å². The van der Waals surface area contributed by atoms with E-state index in [9.17, 15) is 14.7 Å². The topological polar surface area (TPSA) is 60.4 Å². The van der Waals surface area contributed by atoms with Crippen LogP contribution < -0.4 is 34.7 Å². The van der Waals surface area contributed by atoms with Gasteiger partial charge in [0, 0.05) is 19.5 Å². The summed E-state index contributed by atoms with van der Waals surface area (Å²) >= 11 is 0. The van der Waals surface area contributed by atoms with Crippen molar-refractivity contribution < 1.29 is 44.3 Å². The van der Waals surface area contributed by atoms with Gasteiger partial charge in [0.1, 0.15) is 0 Å². The number of nitrogens with zero attached hydrogens (tertiary/aromatic N) is 1. The molecule has 0 saturated carbocycles. The standard InChI is InChI=1S/C31H29NO3.Na/c33-30(20-13-24-7-3-1-4-8-24)32(22-21-25-9-5-2-6-10-25)23-26-11-14-27(15-12-26)28-16-18-29(19-17-28)31(34)35;/h1-12,14-19H,13,20-23H2,(H,34,35);/q;+1/p-1. The number of aryl methyl sites for hydroxylation is 1. The van der Waals surface area contributed by atoms with Gasteiger partial charge in [-0.25, -0.2) is 0 Å². The van der Waals surface area contributed by atoms with Gasteiger partial charge in [-0.3, -0.25) is 4.79 Å². The van der Waals surface area contributed by atoms with Gasteiger partial charge in [-0.15, -0.1) is 0 Å². The average Bonchev–Trinajstić information content (AvgIpc) is 2.91. The van der Waals surface area contributed by atoms with Crippen LogP contribution in [0.2, 0.25) is 0 Å². The van der Waals surface area contributed by atoms with Crippen molar-refractivity contribution in [3.63, 3.8) is 0 Å². The van der Waals surface area contributed by atoms with E-state index in [2.05, 4.69) is 24.3 Å². The molecule has 4 aromatic rings. The van der Waals surface area contributed by atoms with Gasteiger partial charge in [0.05, 0.1) is 5.97 Å². The summed E-state index contributed by atoms with van der Waals surface area (Å²) in [6.07, 6.45) is 2.00. The summed E-state index contributed by atoms with van der Waals surface area (Å²) in [6, 6.07) is 35.1. The van der Waals surface area contributed by atoms with Crippen molar-refractivity contribution in [3.05, 3.63) is 131 Å². The molecular formula is C31H28NNaO3. The van der Waals surface area contributed by atoms with Gasteiger partial charge in [0.15, 0.2) is 0 Å². The van der Waals surface area contributed by atoms with Gasteiger partial charge in [0.25, 0.3) is 0 Å². The fourth-order valence-corrected chi connectivity index (χ4v) is 4.08. The van der Waals surface area contributed by atoms with Crippen LogP contribution in [0.15, 0.2) is 109 Å². The first-order valence-electron chi connectivity index (χ1n) is 11.8. The number of rotatable bonds is 10. The smallest absolute Gasteiger partial charge is 0.545 e. The normalized spacial score (nSPS) is 10.3. The largest absolute Gasteiger partial charge is 1.00 e. The number of carboxylic acid groups (broad SMARTS) is 1. The summed E-state index contributed by atoms with van der Waals surface area (Å²) < 4.78 is 0. The zero-order valence-corrected chi connectivity index (χ0v) is 22.6. The van der Waals surface area contributed by atoms with E-state index in [1.165, 1.54) is 5.56 Å². The summed E-state index contributed by atoms with van der Waals surface area (Å²) in [7, 11) is 0. The average molecular weight is 486 g/mol. The Morgan fingerprint density at radius 2 is 1.11 bits per heavy atom. The Balaban J connectivity index is 0.00000361. The van der Waals surface area contributed by atoms with E-state index in [0.29, 0.717) is 19.5 Å². The van der Waals surface area contributed by atoms with Crippen molar-refractivity contribution >= 4 is 11.9 Å². The minimum absolute atomic E-state index is 0. The van der Waals surface area contributed by atoms with Crippen LogP contribution in [0, 0.1) is 0 Å². The van der Waals surface area contributed by atoms with Crippen LogP contribution in [0.5, 0.6) is 0 Å². The Kier molecular flexibility index (Phi) is 10.5. The van der Waals surface area contributed by atoms with E-state index in [0.717, 1.165) is 35.1 Å². The van der Waals surface area contributed by atoms with E-state index in [1.807, 2.05) is 65.6 Å². The fourth-order valence-electron chi connectivity index (χ4n) is 4.08. The van der Waals surface area contributed by atoms with Crippen LogP contribution in [0.25, 0.3) is 11.1 Å². The third-order valence-electron chi connectivity index (χ3n) is 6.12. The molecule has 5 heteroatoms. The van der Waals surface area contributed by atoms with E-state index < -0.39 is 5.97 Å². The summed E-state index contributed by atoms with van der Waals surface area (Å²) in [5.74, 6) is -1.04. The third-order valence-corrected chi connectivity index (χ3v) is 6.12. The monoisotopic (exact) mass is 485 g/mol. The van der Waals surface area contributed by atoms with Gasteiger partial charge in [0.2, 0.25) is 5.91 Å². The molecule has 176 valence electrons. The molecule has 0 aliphatic carbocycles. The molecule has 0 unspecified atom stereocenters. The fraction of sp³-hybridized carbons (Fsp3) is 0.161. The Bertz CT molecular complexity index is 1240. The number of aromatic carboxylic acids is 1. The Labute approximate surface area is 234 Å². The molecule has 4 aromatic carbocycles. The number of carbonyl (C=O) groups excluding carboxylic acids is 2. The summed E-state index contributed by atoms with van der Waals surface area (Å²) in [4.78, 5) is 26.1. The number of hydrogen-bond acceptors (Lipinski definition) is 3. The van der Waals surface area contributed by atoms with Crippen molar-refractivity contribution in [1.82, 2.24) is 4.90 Å². The van der Waals surface area contributed by atoms with Crippen LogP contribution in [-0.4, -0.2) is 23.3 Å². The molecule has 0 saturated heterocycles. The number of hydrogen-bond donors (Lipinski definition) is 0. The second-order valence-corrected chi connectivity index (χ2v) is 8.60. The molecular weight excluding hydrogens is 457 g/mol. The molecule has 4 nitrogen and oxygen atoms in total. The van der Waals surface area contributed by atoms with Gasteiger partial charge in [-0.2, -0.15) is 0 Å². The predicted molar refractivity (Wildman–Crippen MR) is 137 cm³/mol. The SMILES string of the molecule is O=C([O-])c1ccc(-c2ccc(CN(CCc3ccccc3)C(=O)CCc3ccccc3)cc2)cc1.[Na+]. The zero-order valence-electron chi connectivity index (χ0n) is 20.6. The first-order valence-corrected chi connectivity index (χ1v) is 11.8. The quantitative estimate of drug-likeness (QED) is 0.323. The van der Waals surface area contributed by atoms with E-state index in [-0.39, 0.29) is 41.0 Å². The Morgan fingerprint density at radius 1 is 0.611 bits per heavy atom. The van der Waals surface area contributed by atoms with Crippen molar-refractivity contribution in [2.24, 2.45) is 0 Å². The number of amides is 1. The van der Waals surface area contributed by atoms with Crippen molar-refractivity contribution in [2.45, 2.75) is 25.8 Å². The summed E-state index contributed by atoms with van der Waals surface area (Å²) in [5, 5.41) is 11.0. The molecule has 0 bridgehead atoms. The minimum atomic E-state index is -1.18. The molecule has 1 amide bonds. The van der Waals surface area contributed by atoms with Crippen LogP contribution in [0.4, 0.5) is 0 Å². The first-order chi connectivity index (χ1) is 17.1. The number of benzene rings is 4. The predicted octanol–water partition coefficient (Wildman–Crippen LogP) is 1.93. The second-order valence-electron chi connectivity index (χ2n) is 8.60. The van der Waals surface area contributed by atoms with E-state index in [1.54, 1.807) is 24.3 Å². The Morgan fingerprint density at radius 3 is 1.64 bits per heavy atom. The van der Waals surface area contributed by atoms with Gasteiger partial charge < -0.3 is 14.8 Å². The Hall–Kier alpha value is -3.18. The van der Waals surface area contributed by atoms with E-state index in [4.69, 9.17) is 0 Å². The van der Waals surface area contributed by atoms with E-state index >= 15 is 0 Å². The maximum absolute atomic E-state index is 13.2. The molecule has 0 N–H and O–H groups in total. The van der Waals surface area contributed by atoms with Crippen LogP contribution in [0.3, 0.4) is 0 Å². The molecule has 0 radical (unpaired) electrons. The molecule has 4 rings (SSSR count). The number of carboxylic acids is 1. The van der Waals surface area contributed by atoms with Gasteiger partial charge in [-0.1, -0.05) is 109 Å². The van der Waals surface area contributed by atoms with Crippen molar-refractivity contribution in [2.75, 3.05) is 6.54 Å². The molecule has 0 aromatic heterocycles. The zero-order chi connectivity index (χ0) is 24.5. The maximum Gasteiger partial charge on any atom is 1.00 e. The van der Waals surface area contributed by atoms with Crippen molar-refractivity contribution in [3.8, 4) is 11.1 Å². The molecule has 0 fully saturated rings. The molecule has 0 aliphatic heterocycles.